The van der Waals surface area contributed by atoms with Crippen molar-refractivity contribution in [3.63, 3.8) is 0 Å². The molecule has 2 bridgehead atoms. The Morgan fingerprint density at radius 2 is 1.73 bits per heavy atom. The van der Waals surface area contributed by atoms with E-state index in [0.717, 1.165) is 0 Å². The van der Waals surface area contributed by atoms with Crippen LogP contribution in [0.25, 0.3) is 0 Å². The lowest BCUT2D eigenvalue weighted by Crippen LogP contribution is -2.35. The van der Waals surface area contributed by atoms with E-state index in [2.05, 4.69) is 0 Å². The normalized spacial score (nSPS) is 20.5. The molecule has 0 saturated heterocycles. The maximum Gasteiger partial charge on any atom is 0.338 e. The Morgan fingerprint density at radius 3 is 2.33 bits per heavy atom. The second-order valence-corrected chi connectivity index (χ2v) is 7.86. The topological polar surface area (TPSA) is 89.5 Å². The Balaban J connectivity index is 2.19. The summed E-state index contributed by atoms with van der Waals surface area (Å²) in [6, 6.07) is 8.68. The summed E-state index contributed by atoms with van der Waals surface area (Å²) in [5.41, 5.74) is 0.711. The van der Waals surface area contributed by atoms with Crippen molar-refractivity contribution in [2.24, 2.45) is 0 Å². The molecule has 0 N–H and O–H groups in total. The van der Waals surface area contributed by atoms with Gasteiger partial charge in [0.25, 0.3) is 0 Å². The molecule has 4 rings (SSSR count). The van der Waals surface area contributed by atoms with Crippen molar-refractivity contribution < 1.29 is 38.0 Å². The van der Waals surface area contributed by atoms with Crippen LogP contribution in [0.1, 0.15) is 28.4 Å². The summed E-state index contributed by atoms with van der Waals surface area (Å²) in [7, 11) is 7.04. The lowest BCUT2D eigenvalue weighted by atomic mass is 9.72. The van der Waals surface area contributed by atoms with Crippen LogP contribution in [0.5, 0.6) is 11.5 Å². The van der Waals surface area contributed by atoms with Crippen molar-refractivity contribution >= 4 is 23.5 Å². The zero-order valence-electron chi connectivity index (χ0n) is 18.8. The second-order valence-electron chi connectivity index (χ2n) is 7.45. The van der Waals surface area contributed by atoms with Gasteiger partial charge in [-0.2, -0.15) is 0 Å². The van der Waals surface area contributed by atoms with Crippen molar-refractivity contribution in [1.29, 1.82) is 0 Å². The van der Waals surface area contributed by atoms with E-state index in [1.54, 1.807) is 30.3 Å². The number of hydrogen-bond acceptors (Lipinski definition) is 8. The first kappa shape index (κ1) is 23.1. The SMILES string of the molecule is COCc1cc(OC)cc(OC)c1[C@@]12O[C@@H](C(C(=O)OC)=C1C(=O)OC)c1cccc(Cl)c12. The van der Waals surface area contributed by atoms with Gasteiger partial charge in [-0.05, 0) is 23.3 Å². The van der Waals surface area contributed by atoms with E-state index in [9.17, 15) is 9.59 Å². The standard InChI is InChI=1S/C24H23ClO8/c1-28-11-12-9-13(29-2)10-16(30-3)18(12)24-19-14(7-6-8-15(19)25)21(33-24)17(22(26)31-4)20(24)23(27)32-5/h6-10,21H,11H2,1-5H3/t21-,24+/m1/s1. The van der Waals surface area contributed by atoms with E-state index in [-0.39, 0.29) is 17.8 Å². The third-order valence-electron chi connectivity index (χ3n) is 5.92. The van der Waals surface area contributed by atoms with Gasteiger partial charge in [0.1, 0.15) is 17.6 Å². The molecule has 33 heavy (non-hydrogen) atoms. The first-order chi connectivity index (χ1) is 15.9. The number of methoxy groups -OCH3 is 5. The van der Waals surface area contributed by atoms with E-state index in [1.807, 2.05) is 0 Å². The minimum absolute atomic E-state index is 0.0109. The quantitative estimate of drug-likeness (QED) is 0.563. The van der Waals surface area contributed by atoms with Crippen LogP contribution in [-0.2, 0) is 40.7 Å². The van der Waals surface area contributed by atoms with Gasteiger partial charge in [0.05, 0.1) is 46.2 Å². The summed E-state index contributed by atoms with van der Waals surface area (Å²) in [6.07, 6.45) is -0.887. The number of rotatable bonds is 7. The average Bonchev–Trinajstić information content (AvgIpc) is 3.35. The van der Waals surface area contributed by atoms with Gasteiger partial charge in [-0.3, -0.25) is 0 Å². The summed E-state index contributed by atoms with van der Waals surface area (Å²) in [4.78, 5) is 26.1. The highest BCUT2D eigenvalue weighted by atomic mass is 35.5. The molecule has 8 nitrogen and oxygen atoms in total. The van der Waals surface area contributed by atoms with Crippen LogP contribution < -0.4 is 9.47 Å². The number of halogens is 1. The van der Waals surface area contributed by atoms with E-state index in [1.165, 1.54) is 35.5 Å². The molecule has 0 amide bonds. The van der Waals surface area contributed by atoms with E-state index in [0.29, 0.717) is 38.8 Å². The van der Waals surface area contributed by atoms with Crippen molar-refractivity contribution in [2.45, 2.75) is 18.3 Å². The molecule has 2 heterocycles. The highest BCUT2D eigenvalue weighted by molar-refractivity contribution is 6.32. The first-order valence-electron chi connectivity index (χ1n) is 10.0. The Hall–Kier alpha value is -3.07. The van der Waals surface area contributed by atoms with Crippen LogP contribution in [0.4, 0.5) is 0 Å². The fourth-order valence-corrected chi connectivity index (χ4v) is 5.04. The monoisotopic (exact) mass is 474 g/mol. The lowest BCUT2D eigenvalue weighted by Gasteiger charge is -2.33. The Morgan fingerprint density at radius 1 is 1.00 bits per heavy atom. The zero-order chi connectivity index (χ0) is 23.9. The molecule has 0 aromatic heterocycles. The summed E-state index contributed by atoms with van der Waals surface area (Å²) in [5.74, 6) is -0.568. The van der Waals surface area contributed by atoms with Gasteiger partial charge in [-0.15, -0.1) is 0 Å². The molecule has 2 aromatic carbocycles. The predicted octanol–water partition coefficient (Wildman–Crippen LogP) is 3.47. The van der Waals surface area contributed by atoms with Crippen molar-refractivity contribution in [1.82, 2.24) is 0 Å². The molecule has 0 unspecified atom stereocenters. The molecule has 2 atom stereocenters. The molecular formula is C24H23ClO8. The van der Waals surface area contributed by atoms with Gasteiger partial charge in [-0.1, -0.05) is 23.7 Å². The van der Waals surface area contributed by atoms with E-state index < -0.39 is 23.6 Å². The third kappa shape index (κ3) is 3.20. The second kappa shape index (κ2) is 8.70. The van der Waals surface area contributed by atoms with Crippen LogP contribution in [0, 0.1) is 0 Å². The highest BCUT2D eigenvalue weighted by Gasteiger charge is 2.63. The minimum atomic E-state index is -1.60. The van der Waals surface area contributed by atoms with Crippen molar-refractivity contribution in [3.8, 4) is 11.5 Å². The Kier molecular flexibility index (Phi) is 6.09. The van der Waals surface area contributed by atoms with Crippen LogP contribution in [0.2, 0.25) is 5.02 Å². The van der Waals surface area contributed by atoms with Crippen LogP contribution >= 0.6 is 11.6 Å². The minimum Gasteiger partial charge on any atom is -0.497 e. The highest BCUT2D eigenvalue weighted by Crippen LogP contribution is 2.64. The number of esters is 2. The van der Waals surface area contributed by atoms with Crippen LogP contribution in [0.3, 0.4) is 0 Å². The summed E-state index contributed by atoms with van der Waals surface area (Å²) < 4.78 is 33.2. The Bertz CT molecular complexity index is 1170. The van der Waals surface area contributed by atoms with Gasteiger partial charge in [0.2, 0.25) is 0 Å². The molecule has 2 aliphatic rings. The van der Waals surface area contributed by atoms with Gasteiger partial charge in [0, 0.05) is 29.3 Å². The van der Waals surface area contributed by atoms with Gasteiger partial charge in [0.15, 0.2) is 5.60 Å². The van der Waals surface area contributed by atoms with Crippen LogP contribution in [0.15, 0.2) is 41.5 Å². The molecule has 0 saturated carbocycles. The summed E-state index contributed by atoms with van der Waals surface area (Å²) >= 11 is 6.69. The molecule has 0 spiro atoms. The molecule has 0 radical (unpaired) electrons. The number of carbonyl (C=O) groups excluding carboxylic acids is 2. The van der Waals surface area contributed by atoms with Crippen LogP contribution in [-0.4, -0.2) is 47.5 Å². The van der Waals surface area contributed by atoms with Gasteiger partial charge < -0.3 is 28.4 Å². The number of benzene rings is 2. The predicted molar refractivity (Wildman–Crippen MR) is 117 cm³/mol. The Labute approximate surface area is 195 Å². The van der Waals surface area contributed by atoms with Gasteiger partial charge in [-0.25, -0.2) is 9.59 Å². The first-order valence-corrected chi connectivity index (χ1v) is 10.4. The largest absolute Gasteiger partial charge is 0.497 e. The summed E-state index contributed by atoms with van der Waals surface area (Å²) in [5, 5.41) is 0.363. The summed E-state index contributed by atoms with van der Waals surface area (Å²) in [6.45, 7) is 0.139. The van der Waals surface area contributed by atoms with Crippen molar-refractivity contribution in [3.05, 3.63) is 68.8 Å². The lowest BCUT2D eigenvalue weighted by molar-refractivity contribution is -0.139. The number of fused-ring (bicyclic) bond motifs is 5. The van der Waals surface area contributed by atoms with E-state index in [4.69, 9.17) is 40.0 Å². The molecule has 2 aliphatic heterocycles. The molecule has 9 heteroatoms. The molecule has 0 aliphatic carbocycles. The average molecular weight is 475 g/mol. The zero-order valence-corrected chi connectivity index (χ0v) is 19.6. The molecular weight excluding hydrogens is 452 g/mol. The van der Waals surface area contributed by atoms with E-state index >= 15 is 0 Å². The third-order valence-corrected chi connectivity index (χ3v) is 6.23. The maximum atomic E-state index is 13.2. The fraction of sp³-hybridized carbons (Fsp3) is 0.333. The molecule has 174 valence electrons. The van der Waals surface area contributed by atoms with Crippen molar-refractivity contribution in [2.75, 3.05) is 35.5 Å². The number of ether oxygens (including phenoxy) is 6. The van der Waals surface area contributed by atoms with Gasteiger partial charge >= 0.3 is 11.9 Å². The number of hydrogen-bond donors (Lipinski definition) is 0. The molecule has 2 aromatic rings. The molecule has 0 fully saturated rings. The number of carbonyl (C=O) groups is 2. The smallest absolute Gasteiger partial charge is 0.338 e. The maximum absolute atomic E-state index is 13.2. The fourth-order valence-electron chi connectivity index (χ4n) is 4.73.